The Morgan fingerprint density at radius 3 is 2.76 bits per heavy atom. The van der Waals surface area contributed by atoms with Crippen LogP contribution in [0, 0.1) is 5.92 Å². The second-order valence-corrected chi connectivity index (χ2v) is 5.56. The molecule has 0 unspecified atom stereocenters. The van der Waals surface area contributed by atoms with E-state index in [-0.39, 0.29) is 5.91 Å². The Hall–Kier alpha value is -1.46. The van der Waals surface area contributed by atoms with Gasteiger partial charge in [-0.05, 0) is 18.4 Å². The Labute approximate surface area is 130 Å². The third kappa shape index (κ3) is 5.81. The maximum Gasteiger partial charge on any atom is 0.255 e. The van der Waals surface area contributed by atoms with E-state index in [0.29, 0.717) is 41.1 Å². The molecular weight excluding hydrogens is 292 g/mol. The normalized spacial score (nSPS) is 10.7. The van der Waals surface area contributed by atoms with Gasteiger partial charge >= 0.3 is 0 Å². The molecule has 3 N–H and O–H groups in total. The summed E-state index contributed by atoms with van der Waals surface area (Å²) in [5.74, 6) is 0.684. The summed E-state index contributed by atoms with van der Waals surface area (Å²) in [5, 5.41) is 3.14. The third-order valence-electron chi connectivity index (χ3n) is 2.77. The molecule has 0 saturated carbocycles. The number of nitrogens with two attached hydrogens (primary N) is 1. The van der Waals surface area contributed by atoms with Gasteiger partial charge in [-0.25, -0.2) is 0 Å². The van der Waals surface area contributed by atoms with E-state index < -0.39 is 0 Å². The van der Waals surface area contributed by atoms with Gasteiger partial charge in [0.2, 0.25) is 0 Å². The van der Waals surface area contributed by atoms with Crippen LogP contribution in [0.25, 0.3) is 0 Å². The molecule has 0 heterocycles. The Bertz CT molecular complexity index is 478. The highest BCUT2D eigenvalue weighted by Gasteiger charge is 2.14. The zero-order valence-corrected chi connectivity index (χ0v) is 13.5. The van der Waals surface area contributed by atoms with Crippen molar-refractivity contribution in [2.45, 2.75) is 20.3 Å². The Kier molecular flexibility index (Phi) is 7.32. The number of halogens is 1. The van der Waals surface area contributed by atoms with E-state index in [1.165, 1.54) is 13.2 Å². The highest BCUT2D eigenvalue weighted by Crippen LogP contribution is 2.28. The van der Waals surface area contributed by atoms with Gasteiger partial charge in [-0.3, -0.25) is 4.79 Å². The number of hydrogen-bond donors (Lipinski definition) is 2. The molecule has 5 nitrogen and oxygen atoms in total. The van der Waals surface area contributed by atoms with Crippen molar-refractivity contribution in [1.29, 1.82) is 0 Å². The number of methoxy groups -OCH3 is 1. The molecule has 0 fully saturated rings. The van der Waals surface area contributed by atoms with E-state index in [4.69, 9.17) is 26.8 Å². The summed E-state index contributed by atoms with van der Waals surface area (Å²) in [4.78, 5) is 12.1. The molecule has 1 aromatic rings. The lowest BCUT2D eigenvalue weighted by Crippen LogP contribution is -2.26. The lowest BCUT2D eigenvalue weighted by molar-refractivity contribution is 0.0922. The summed E-state index contributed by atoms with van der Waals surface area (Å²) in [5.41, 5.74) is 6.44. The number of carbonyl (C=O) groups is 1. The van der Waals surface area contributed by atoms with Gasteiger partial charge in [0, 0.05) is 25.8 Å². The van der Waals surface area contributed by atoms with Crippen LogP contribution < -0.4 is 15.8 Å². The van der Waals surface area contributed by atoms with Gasteiger partial charge in [0.15, 0.2) is 0 Å². The summed E-state index contributed by atoms with van der Waals surface area (Å²) in [7, 11) is 1.49. The second kappa shape index (κ2) is 8.74. The number of ether oxygens (including phenoxy) is 2. The maximum absolute atomic E-state index is 12.1. The lowest BCUT2D eigenvalue weighted by Gasteiger charge is -2.11. The van der Waals surface area contributed by atoms with Crippen molar-refractivity contribution in [1.82, 2.24) is 5.32 Å². The average Bonchev–Trinajstić information content (AvgIpc) is 2.44. The summed E-state index contributed by atoms with van der Waals surface area (Å²) >= 11 is 5.94. The molecule has 0 radical (unpaired) electrons. The molecule has 0 atom stereocenters. The van der Waals surface area contributed by atoms with Crippen LogP contribution in [0.5, 0.6) is 5.75 Å². The average molecular weight is 315 g/mol. The first kappa shape index (κ1) is 17.6. The van der Waals surface area contributed by atoms with E-state index in [2.05, 4.69) is 19.2 Å². The fourth-order valence-corrected chi connectivity index (χ4v) is 1.87. The minimum absolute atomic E-state index is 0.238. The number of nitrogens with one attached hydrogen (secondary N) is 1. The van der Waals surface area contributed by atoms with Crippen LogP contribution in [-0.4, -0.2) is 32.8 Å². The maximum atomic E-state index is 12.1. The van der Waals surface area contributed by atoms with Crippen molar-refractivity contribution in [3.63, 3.8) is 0 Å². The topological polar surface area (TPSA) is 73.6 Å². The molecular formula is C15H23ClN2O3. The SMILES string of the molecule is COc1cc(N)c(Cl)cc1C(=O)NCCCOCC(C)C. The Morgan fingerprint density at radius 2 is 2.14 bits per heavy atom. The first-order valence-corrected chi connectivity index (χ1v) is 7.32. The van der Waals surface area contributed by atoms with Crippen LogP contribution in [0.4, 0.5) is 5.69 Å². The number of benzene rings is 1. The molecule has 0 saturated heterocycles. The highest BCUT2D eigenvalue weighted by molar-refractivity contribution is 6.33. The predicted octanol–water partition coefficient (Wildman–Crippen LogP) is 2.72. The summed E-state index contributed by atoms with van der Waals surface area (Å²) in [6, 6.07) is 3.06. The van der Waals surface area contributed by atoms with Crippen LogP contribution >= 0.6 is 11.6 Å². The number of hydrogen-bond acceptors (Lipinski definition) is 4. The molecule has 0 aliphatic heterocycles. The van der Waals surface area contributed by atoms with Crippen LogP contribution in [0.1, 0.15) is 30.6 Å². The van der Waals surface area contributed by atoms with Crippen LogP contribution in [0.3, 0.4) is 0 Å². The van der Waals surface area contributed by atoms with Gasteiger partial charge < -0.3 is 20.5 Å². The molecule has 1 amide bonds. The number of anilines is 1. The molecule has 6 heteroatoms. The minimum atomic E-state index is -0.238. The number of amides is 1. The molecule has 1 aromatic carbocycles. The standard InChI is InChI=1S/C15H23ClN2O3/c1-10(2)9-21-6-4-5-18-15(19)11-7-12(16)13(17)8-14(11)20-3/h7-8,10H,4-6,9,17H2,1-3H3,(H,18,19). The van der Waals surface area contributed by atoms with E-state index in [0.717, 1.165) is 13.0 Å². The largest absolute Gasteiger partial charge is 0.496 e. The van der Waals surface area contributed by atoms with E-state index in [1.54, 1.807) is 6.07 Å². The zero-order valence-electron chi connectivity index (χ0n) is 12.7. The Balaban J connectivity index is 2.47. The van der Waals surface area contributed by atoms with Gasteiger partial charge in [0.25, 0.3) is 5.91 Å². The fourth-order valence-electron chi connectivity index (χ4n) is 1.71. The zero-order chi connectivity index (χ0) is 15.8. The van der Waals surface area contributed by atoms with Crippen LogP contribution in [-0.2, 0) is 4.74 Å². The number of rotatable bonds is 8. The molecule has 0 aliphatic rings. The van der Waals surface area contributed by atoms with Crippen molar-refractivity contribution < 1.29 is 14.3 Å². The molecule has 0 aromatic heterocycles. The van der Waals surface area contributed by atoms with Gasteiger partial charge in [0.1, 0.15) is 5.75 Å². The molecule has 21 heavy (non-hydrogen) atoms. The second-order valence-electron chi connectivity index (χ2n) is 5.15. The molecule has 0 bridgehead atoms. The molecule has 118 valence electrons. The molecule has 0 spiro atoms. The number of nitrogen functional groups attached to an aromatic ring is 1. The van der Waals surface area contributed by atoms with Crippen molar-refractivity contribution in [2.75, 3.05) is 32.6 Å². The van der Waals surface area contributed by atoms with Crippen LogP contribution in [0.15, 0.2) is 12.1 Å². The monoisotopic (exact) mass is 314 g/mol. The van der Waals surface area contributed by atoms with Crippen molar-refractivity contribution >= 4 is 23.2 Å². The van der Waals surface area contributed by atoms with E-state index in [9.17, 15) is 4.79 Å². The first-order chi connectivity index (χ1) is 9.95. The van der Waals surface area contributed by atoms with Gasteiger partial charge in [-0.1, -0.05) is 25.4 Å². The highest BCUT2D eigenvalue weighted by atomic mass is 35.5. The van der Waals surface area contributed by atoms with E-state index in [1.807, 2.05) is 0 Å². The number of carbonyl (C=O) groups excluding carboxylic acids is 1. The third-order valence-corrected chi connectivity index (χ3v) is 3.09. The van der Waals surface area contributed by atoms with Crippen molar-refractivity contribution in [3.05, 3.63) is 22.7 Å². The van der Waals surface area contributed by atoms with Gasteiger partial charge in [-0.2, -0.15) is 0 Å². The predicted molar refractivity (Wildman–Crippen MR) is 85.0 cm³/mol. The Morgan fingerprint density at radius 1 is 1.43 bits per heavy atom. The van der Waals surface area contributed by atoms with Crippen LogP contribution in [0.2, 0.25) is 5.02 Å². The minimum Gasteiger partial charge on any atom is -0.496 e. The molecule has 0 aliphatic carbocycles. The van der Waals surface area contributed by atoms with Gasteiger partial charge in [0.05, 0.1) is 23.4 Å². The quantitative estimate of drug-likeness (QED) is 0.571. The van der Waals surface area contributed by atoms with E-state index >= 15 is 0 Å². The molecule has 1 rings (SSSR count). The smallest absolute Gasteiger partial charge is 0.255 e. The summed E-state index contributed by atoms with van der Waals surface area (Å²) in [6.45, 7) is 6.08. The van der Waals surface area contributed by atoms with Gasteiger partial charge in [-0.15, -0.1) is 0 Å². The first-order valence-electron chi connectivity index (χ1n) is 6.94. The van der Waals surface area contributed by atoms with Crippen molar-refractivity contribution in [2.24, 2.45) is 5.92 Å². The van der Waals surface area contributed by atoms with Crippen molar-refractivity contribution in [3.8, 4) is 5.75 Å². The fraction of sp³-hybridized carbons (Fsp3) is 0.533. The lowest BCUT2D eigenvalue weighted by atomic mass is 10.1. The summed E-state index contributed by atoms with van der Waals surface area (Å²) in [6.07, 6.45) is 0.753. The summed E-state index contributed by atoms with van der Waals surface area (Å²) < 4.78 is 10.6.